The van der Waals surface area contributed by atoms with Crippen molar-refractivity contribution < 1.29 is 4.57 Å². The number of nitrogens with zero attached hydrogens (tertiary/aromatic N) is 1. The van der Waals surface area contributed by atoms with E-state index in [4.69, 9.17) is 0 Å². The highest BCUT2D eigenvalue weighted by molar-refractivity contribution is 7.09. The van der Waals surface area contributed by atoms with E-state index < -0.39 is 0 Å². The third kappa shape index (κ3) is 3.35. The maximum absolute atomic E-state index is 2.30. The van der Waals surface area contributed by atoms with Gasteiger partial charge in [0.1, 0.15) is 6.54 Å². The molecule has 1 rings (SSSR count). The van der Waals surface area contributed by atoms with Crippen LogP contribution in [0.15, 0.2) is 11.7 Å². The number of hydrogen-bond donors (Lipinski definition) is 0. The quantitative estimate of drug-likeness (QED) is 0.489. The van der Waals surface area contributed by atoms with Gasteiger partial charge in [-0.2, -0.15) is 4.57 Å². The molecule has 0 aliphatic heterocycles. The van der Waals surface area contributed by atoms with Gasteiger partial charge in [-0.1, -0.05) is 31.1 Å². The summed E-state index contributed by atoms with van der Waals surface area (Å²) in [7, 11) is 0. The average Bonchev–Trinajstić information content (AvgIpc) is 2.45. The molecule has 1 aromatic heterocycles. The molecule has 0 unspecified atom stereocenters. The molecule has 68 valence electrons. The molecular formula is C10H18NS+. The molecule has 0 aliphatic carbocycles. The second-order valence-electron chi connectivity index (χ2n) is 3.26. The van der Waals surface area contributed by atoms with Crippen LogP contribution in [-0.2, 0) is 6.54 Å². The highest BCUT2D eigenvalue weighted by Gasteiger charge is 2.01. The van der Waals surface area contributed by atoms with E-state index in [9.17, 15) is 0 Å². The molecule has 0 spiro atoms. The molecule has 0 radical (unpaired) electrons. The van der Waals surface area contributed by atoms with E-state index in [2.05, 4.69) is 30.1 Å². The summed E-state index contributed by atoms with van der Waals surface area (Å²) in [4.78, 5) is 1.41. The minimum atomic E-state index is 1.20. The molecule has 0 aromatic carbocycles. The maximum Gasteiger partial charge on any atom is 0.224 e. The molecule has 1 heterocycles. The topological polar surface area (TPSA) is 3.88 Å². The van der Waals surface area contributed by atoms with E-state index in [0.717, 1.165) is 0 Å². The van der Waals surface area contributed by atoms with Crippen LogP contribution >= 0.6 is 11.3 Å². The van der Waals surface area contributed by atoms with Gasteiger partial charge in [0.2, 0.25) is 5.51 Å². The zero-order valence-corrected chi connectivity index (χ0v) is 8.86. The van der Waals surface area contributed by atoms with Gasteiger partial charge in [-0.25, -0.2) is 0 Å². The van der Waals surface area contributed by atoms with Crippen molar-refractivity contribution in [2.75, 3.05) is 0 Å². The van der Waals surface area contributed by atoms with E-state index in [0.29, 0.717) is 0 Å². The Bertz CT molecular complexity index is 217. The number of hydrogen-bond acceptors (Lipinski definition) is 1. The van der Waals surface area contributed by atoms with Gasteiger partial charge in [-0.15, -0.1) is 0 Å². The molecule has 0 amide bonds. The van der Waals surface area contributed by atoms with Crippen molar-refractivity contribution in [1.82, 2.24) is 0 Å². The van der Waals surface area contributed by atoms with Crippen molar-refractivity contribution >= 4 is 11.3 Å². The van der Waals surface area contributed by atoms with Crippen LogP contribution in [0.1, 0.15) is 37.5 Å². The number of thiazole rings is 1. The monoisotopic (exact) mass is 184 g/mol. The predicted molar refractivity (Wildman–Crippen MR) is 53.4 cm³/mol. The SMILES string of the molecule is CCCCCC[n+]1csc(C)c1. The van der Waals surface area contributed by atoms with Gasteiger partial charge in [-0.05, 0) is 13.3 Å². The summed E-state index contributed by atoms with van der Waals surface area (Å²) < 4.78 is 2.30. The molecule has 0 saturated heterocycles. The molecule has 0 N–H and O–H groups in total. The first kappa shape index (κ1) is 9.72. The summed E-state index contributed by atoms with van der Waals surface area (Å²) in [5.41, 5.74) is 2.21. The van der Waals surface area contributed by atoms with Crippen LogP contribution in [0.4, 0.5) is 0 Å². The van der Waals surface area contributed by atoms with Crippen molar-refractivity contribution in [2.24, 2.45) is 0 Å². The fraction of sp³-hybridized carbons (Fsp3) is 0.700. The minimum absolute atomic E-state index is 1.20. The van der Waals surface area contributed by atoms with Gasteiger partial charge in [-0.3, -0.25) is 0 Å². The summed E-state index contributed by atoms with van der Waals surface area (Å²) >= 11 is 1.83. The van der Waals surface area contributed by atoms with E-state index in [1.165, 1.54) is 37.1 Å². The summed E-state index contributed by atoms with van der Waals surface area (Å²) in [6, 6.07) is 0. The molecule has 1 aromatic rings. The molecule has 0 atom stereocenters. The first-order valence-corrected chi connectivity index (χ1v) is 5.65. The van der Waals surface area contributed by atoms with Crippen LogP contribution in [0.25, 0.3) is 0 Å². The third-order valence-electron chi connectivity index (χ3n) is 1.99. The van der Waals surface area contributed by atoms with Gasteiger partial charge < -0.3 is 0 Å². The third-order valence-corrected chi connectivity index (χ3v) is 2.84. The fourth-order valence-electron chi connectivity index (χ4n) is 1.28. The second kappa shape index (κ2) is 5.31. The Hall–Kier alpha value is -0.370. The first-order valence-electron chi connectivity index (χ1n) is 4.77. The Morgan fingerprint density at radius 1 is 1.33 bits per heavy atom. The van der Waals surface area contributed by atoms with Gasteiger partial charge >= 0.3 is 0 Å². The average molecular weight is 184 g/mol. The molecular weight excluding hydrogens is 166 g/mol. The Kier molecular flexibility index (Phi) is 4.30. The van der Waals surface area contributed by atoms with Gasteiger partial charge in [0.15, 0.2) is 6.20 Å². The van der Waals surface area contributed by atoms with Crippen molar-refractivity contribution in [1.29, 1.82) is 0 Å². The predicted octanol–water partition coefficient (Wildman–Crippen LogP) is 2.92. The summed E-state index contributed by atoms with van der Waals surface area (Å²) in [6.45, 7) is 5.61. The zero-order chi connectivity index (χ0) is 8.81. The highest BCUT2D eigenvalue weighted by atomic mass is 32.1. The Morgan fingerprint density at radius 3 is 2.75 bits per heavy atom. The van der Waals surface area contributed by atoms with Crippen LogP contribution in [0.5, 0.6) is 0 Å². The highest BCUT2D eigenvalue weighted by Crippen LogP contribution is 2.02. The maximum atomic E-state index is 2.30. The van der Waals surface area contributed by atoms with Gasteiger partial charge in [0.25, 0.3) is 0 Å². The van der Waals surface area contributed by atoms with E-state index in [1.807, 2.05) is 11.3 Å². The van der Waals surface area contributed by atoms with E-state index in [1.54, 1.807) is 0 Å². The first-order chi connectivity index (χ1) is 5.83. The van der Waals surface area contributed by atoms with E-state index >= 15 is 0 Å². The normalized spacial score (nSPS) is 10.5. The number of rotatable bonds is 5. The number of unbranched alkanes of at least 4 members (excludes halogenated alkanes) is 3. The number of aryl methyl sites for hydroxylation is 2. The largest absolute Gasteiger partial charge is 0.224 e. The lowest BCUT2D eigenvalue weighted by molar-refractivity contribution is -0.692. The van der Waals surface area contributed by atoms with Crippen LogP contribution in [0.2, 0.25) is 0 Å². The molecule has 2 heteroatoms. The molecule has 0 aliphatic rings. The Labute approximate surface area is 79.1 Å². The van der Waals surface area contributed by atoms with Crippen molar-refractivity contribution in [3.8, 4) is 0 Å². The Morgan fingerprint density at radius 2 is 2.17 bits per heavy atom. The van der Waals surface area contributed by atoms with Crippen LogP contribution in [0.3, 0.4) is 0 Å². The van der Waals surface area contributed by atoms with Crippen molar-refractivity contribution in [3.05, 3.63) is 16.6 Å². The fourth-order valence-corrected chi connectivity index (χ4v) is 1.95. The van der Waals surface area contributed by atoms with Gasteiger partial charge in [0, 0.05) is 6.42 Å². The summed E-state index contributed by atoms with van der Waals surface area (Å²) in [6.07, 6.45) is 7.64. The molecule has 1 nitrogen and oxygen atoms in total. The van der Waals surface area contributed by atoms with E-state index in [-0.39, 0.29) is 0 Å². The molecule has 0 fully saturated rings. The van der Waals surface area contributed by atoms with Crippen LogP contribution in [0, 0.1) is 6.92 Å². The van der Waals surface area contributed by atoms with Crippen molar-refractivity contribution in [3.63, 3.8) is 0 Å². The standard InChI is InChI=1S/C10H18NS/c1-3-4-5-6-7-11-8-10(2)12-9-11/h8-9H,3-7H2,1-2H3/q+1. The zero-order valence-electron chi connectivity index (χ0n) is 8.05. The van der Waals surface area contributed by atoms with Crippen molar-refractivity contribution in [2.45, 2.75) is 46.1 Å². The lowest BCUT2D eigenvalue weighted by atomic mass is 10.2. The molecule has 12 heavy (non-hydrogen) atoms. The lowest BCUT2D eigenvalue weighted by Gasteiger charge is -1.93. The smallest absolute Gasteiger partial charge is 0.195 e. The van der Waals surface area contributed by atoms with Gasteiger partial charge in [0.05, 0.1) is 4.88 Å². The summed E-state index contributed by atoms with van der Waals surface area (Å²) in [5.74, 6) is 0. The molecule has 0 bridgehead atoms. The van der Waals surface area contributed by atoms with Crippen LogP contribution < -0.4 is 4.57 Å². The second-order valence-corrected chi connectivity index (χ2v) is 4.35. The lowest BCUT2D eigenvalue weighted by Crippen LogP contribution is -2.29. The molecule has 0 saturated carbocycles. The van der Waals surface area contributed by atoms with Crippen LogP contribution in [-0.4, -0.2) is 0 Å². The number of aromatic nitrogens is 1. The minimum Gasteiger partial charge on any atom is -0.195 e. The summed E-state index contributed by atoms with van der Waals surface area (Å²) in [5, 5.41) is 0. The Balaban J connectivity index is 2.15.